The second-order valence-corrected chi connectivity index (χ2v) is 6.23. The number of hydrogen-bond acceptors (Lipinski definition) is 4. The van der Waals surface area contributed by atoms with Crippen molar-refractivity contribution in [2.45, 2.75) is 24.3 Å². The van der Waals surface area contributed by atoms with Gasteiger partial charge in [-0.3, -0.25) is 14.3 Å². The molecular formula is C11H15ClN2O3S. The van der Waals surface area contributed by atoms with Crippen LogP contribution < -0.4 is 5.73 Å². The summed E-state index contributed by atoms with van der Waals surface area (Å²) in [5, 5.41) is 11.1. The summed E-state index contributed by atoms with van der Waals surface area (Å²) in [7, 11) is -1.18. The lowest BCUT2D eigenvalue weighted by molar-refractivity contribution is -0.385. The Morgan fingerprint density at radius 1 is 1.56 bits per heavy atom. The number of benzene rings is 1. The van der Waals surface area contributed by atoms with Gasteiger partial charge in [-0.15, -0.1) is 0 Å². The third-order valence-corrected chi connectivity index (χ3v) is 4.53. The molecule has 18 heavy (non-hydrogen) atoms. The average molecular weight is 291 g/mol. The van der Waals surface area contributed by atoms with Gasteiger partial charge in [-0.25, -0.2) is 0 Å². The quantitative estimate of drug-likeness (QED) is 0.643. The van der Waals surface area contributed by atoms with Gasteiger partial charge in [0.15, 0.2) is 0 Å². The zero-order chi connectivity index (χ0) is 13.7. The van der Waals surface area contributed by atoms with Crippen LogP contribution in [0.2, 0.25) is 5.02 Å². The second kappa shape index (κ2) is 6.82. The van der Waals surface area contributed by atoms with Crippen LogP contribution in [0.3, 0.4) is 0 Å². The van der Waals surface area contributed by atoms with Crippen LogP contribution >= 0.6 is 11.6 Å². The van der Waals surface area contributed by atoms with Crippen LogP contribution in [0.15, 0.2) is 18.2 Å². The molecule has 0 aliphatic rings. The Morgan fingerprint density at radius 3 is 2.78 bits per heavy atom. The number of nitrogens with two attached hydrogens (primary N) is 1. The Morgan fingerprint density at radius 2 is 2.22 bits per heavy atom. The zero-order valence-electron chi connectivity index (χ0n) is 9.97. The molecule has 2 unspecified atom stereocenters. The third kappa shape index (κ3) is 4.04. The van der Waals surface area contributed by atoms with Crippen molar-refractivity contribution in [2.75, 3.05) is 6.54 Å². The first-order valence-electron chi connectivity index (χ1n) is 5.45. The molecule has 2 atom stereocenters. The monoisotopic (exact) mass is 290 g/mol. The summed E-state index contributed by atoms with van der Waals surface area (Å²) in [6.07, 6.45) is 0.633. The summed E-state index contributed by atoms with van der Waals surface area (Å²) in [5.74, 6) is 0.147. The number of nitro groups is 1. The first kappa shape index (κ1) is 15.1. The molecule has 1 aromatic rings. The molecule has 0 aromatic heterocycles. The molecule has 0 bridgehead atoms. The smallest absolute Gasteiger partial charge is 0.275 e. The average Bonchev–Trinajstić information content (AvgIpc) is 2.31. The Balaban J connectivity index is 2.90. The summed E-state index contributed by atoms with van der Waals surface area (Å²) < 4.78 is 12.0. The van der Waals surface area contributed by atoms with Crippen molar-refractivity contribution >= 4 is 28.1 Å². The Bertz CT molecular complexity index is 468. The highest BCUT2D eigenvalue weighted by atomic mass is 35.5. The van der Waals surface area contributed by atoms with Crippen LogP contribution in [0.1, 0.15) is 18.9 Å². The van der Waals surface area contributed by atoms with Crippen LogP contribution in [0.25, 0.3) is 0 Å². The van der Waals surface area contributed by atoms with Crippen molar-refractivity contribution in [2.24, 2.45) is 5.73 Å². The minimum absolute atomic E-state index is 0.0784. The van der Waals surface area contributed by atoms with E-state index >= 15 is 0 Å². The fourth-order valence-corrected chi connectivity index (χ4v) is 2.89. The Kier molecular flexibility index (Phi) is 5.71. The standard InChI is InChI=1S/C11H15ClN2O3S/c1-8(4-5-13)18(17)7-9-2-3-10(12)6-11(9)14(15)16/h2-3,6,8H,4-5,7,13H2,1H3. The van der Waals surface area contributed by atoms with E-state index in [2.05, 4.69) is 0 Å². The largest absolute Gasteiger partial charge is 0.330 e. The van der Waals surface area contributed by atoms with Gasteiger partial charge in [0, 0.05) is 32.7 Å². The minimum atomic E-state index is -1.18. The SMILES string of the molecule is CC(CCN)S(=O)Cc1ccc(Cl)cc1[N+](=O)[O-]. The zero-order valence-corrected chi connectivity index (χ0v) is 11.5. The van der Waals surface area contributed by atoms with E-state index in [9.17, 15) is 14.3 Å². The van der Waals surface area contributed by atoms with Gasteiger partial charge >= 0.3 is 0 Å². The molecule has 0 heterocycles. The van der Waals surface area contributed by atoms with E-state index in [-0.39, 0.29) is 16.7 Å². The van der Waals surface area contributed by atoms with Crippen molar-refractivity contribution in [1.29, 1.82) is 0 Å². The summed E-state index contributed by atoms with van der Waals surface area (Å²) in [6, 6.07) is 4.39. The predicted molar refractivity (Wildman–Crippen MR) is 73.1 cm³/mol. The van der Waals surface area contributed by atoms with E-state index in [0.717, 1.165) is 0 Å². The second-order valence-electron chi connectivity index (χ2n) is 3.94. The molecule has 5 nitrogen and oxygen atoms in total. The first-order valence-corrected chi connectivity index (χ1v) is 7.21. The molecule has 0 saturated carbocycles. The van der Waals surface area contributed by atoms with Gasteiger partial charge in [0.25, 0.3) is 5.69 Å². The summed E-state index contributed by atoms with van der Waals surface area (Å²) >= 11 is 5.71. The predicted octanol–water partition coefficient (Wildman–Crippen LogP) is 2.23. The molecule has 100 valence electrons. The minimum Gasteiger partial charge on any atom is -0.330 e. The fourth-order valence-electron chi connectivity index (χ4n) is 1.49. The van der Waals surface area contributed by atoms with Crippen LogP contribution in [0, 0.1) is 10.1 Å². The summed E-state index contributed by atoms with van der Waals surface area (Å²) in [4.78, 5) is 10.4. The van der Waals surface area contributed by atoms with Crippen molar-refractivity contribution in [3.63, 3.8) is 0 Å². The molecular weight excluding hydrogens is 276 g/mol. The molecule has 0 radical (unpaired) electrons. The van der Waals surface area contributed by atoms with Gasteiger partial charge in [0.05, 0.1) is 10.7 Å². The molecule has 0 fully saturated rings. The molecule has 0 aliphatic carbocycles. The van der Waals surface area contributed by atoms with Gasteiger partial charge in [0.1, 0.15) is 0 Å². The van der Waals surface area contributed by atoms with Gasteiger partial charge in [-0.2, -0.15) is 0 Å². The van der Waals surface area contributed by atoms with E-state index in [4.69, 9.17) is 17.3 Å². The number of nitrogens with zero attached hydrogens (tertiary/aromatic N) is 1. The Hall–Kier alpha value is -0.980. The highest BCUT2D eigenvalue weighted by Crippen LogP contribution is 2.25. The number of nitro benzene ring substituents is 1. The fraction of sp³-hybridized carbons (Fsp3) is 0.455. The maximum Gasteiger partial charge on any atom is 0.275 e. The van der Waals surface area contributed by atoms with Crippen molar-refractivity contribution < 1.29 is 9.13 Å². The summed E-state index contributed by atoms with van der Waals surface area (Å²) in [5.41, 5.74) is 5.75. The lowest BCUT2D eigenvalue weighted by Gasteiger charge is -2.10. The lowest BCUT2D eigenvalue weighted by Crippen LogP contribution is -2.17. The molecule has 0 saturated heterocycles. The van der Waals surface area contributed by atoms with Crippen molar-refractivity contribution in [3.8, 4) is 0 Å². The number of halogens is 1. The molecule has 0 amide bonds. The maximum absolute atomic E-state index is 12.0. The molecule has 0 spiro atoms. The van der Waals surface area contributed by atoms with Gasteiger partial charge in [0.2, 0.25) is 0 Å². The van der Waals surface area contributed by atoms with E-state index in [1.54, 1.807) is 12.1 Å². The molecule has 7 heteroatoms. The normalized spacial score (nSPS) is 14.2. The molecule has 1 rings (SSSR count). The molecule has 2 N–H and O–H groups in total. The number of rotatable bonds is 6. The molecule has 0 aliphatic heterocycles. The van der Waals surface area contributed by atoms with E-state index in [0.29, 0.717) is 23.6 Å². The highest BCUT2D eigenvalue weighted by Gasteiger charge is 2.18. The summed E-state index contributed by atoms with van der Waals surface area (Å²) in [6.45, 7) is 2.28. The highest BCUT2D eigenvalue weighted by molar-refractivity contribution is 7.84. The third-order valence-electron chi connectivity index (χ3n) is 2.56. The van der Waals surface area contributed by atoms with Gasteiger partial charge in [-0.05, 0) is 25.1 Å². The van der Waals surface area contributed by atoms with E-state index < -0.39 is 15.7 Å². The van der Waals surface area contributed by atoms with E-state index in [1.165, 1.54) is 6.07 Å². The van der Waals surface area contributed by atoms with Gasteiger partial charge in [-0.1, -0.05) is 18.5 Å². The van der Waals surface area contributed by atoms with Crippen LogP contribution in [-0.2, 0) is 16.6 Å². The van der Waals surface area contributed by atoms with Crippen LogP contribution in [0.5, 0.6) is 0 Å². The van der Waals surface area contributed by atoms with Crippen LogP contribution in [0.4, 0.5) is 5.69 Å². The van der Waals surface area contributed by atoms with Crippen molar-refractivity contribution in [3.05, 3.63) is 38.9 Å². The first-order chi connectivity index (χ1) is 8.45. The lowest BCUT2D eigenvalue weighted by atomic mass is 10.2. The Labute approximate surface area is 113 Å². The van der Waals surface area contributed by atoms with Crippen LogP contribution in [-0.4, -0.2) is 20.9 Å². The maximum atomic E-state index is 12.0. The molecule has 1 aromatic carbocycles. The topological polar surface area (TPSA) is 86.2 Å². The van der Waals surface area contributed by atoms with Crippen molar-refractivity contribution in [1.82, 2.24) is 0 Å². The van der Waals surface area contributed by atoms with Gasteiger partial charge < -0.3 is 5.73 Å². The van der Waals surface area contributed by atoms with E-state index in [1.807, 2.05) is 6.92 Å². The number of hydrogen-bond donors (Lipinski definition) is 1.